The van der Waals surface area contributed by atoms with Crippen LogP contribution in [0, 0.1) is 5.82 Å². The topological polar surface area (TPSA) is 46.2 Å². The first-order chi connectivity index (χ1) is 7.96. The molecule has 1 aliphatic rings. The van der Waals surface area contributed by atoms with Crippen molar-refractivity contribution in [3.63, 3.8) is 0 Å². The quantitative estimate of drug-likeness (QED) is 0.910. The number of halogens is 2. The van der Waals surface area contributed by atoms with Gasteiger partial charge in [-0.1, -0.05) is 0 Å². The average Bonchev–Trinajstić information content (AvgIpc) is 2.21. The highest BCUT2D eigenvalue weighted by Gasteiger charge is 2.24. The van der Waals surface area contributed by atoms with Crippen LogP contribution in [0.2, 0.25) is 0 Å². The molecule has 1 unspecified atom stereocenters. The summed E-state index contributed by atoms with van der Waals surface area (Å²) >= 11 is 3.25. The average molecular weight is 322 g/mol. The number of hydrogen-bond donors (Lipinski definition) is 1. The van der Waals surface area contributed by atoms with Gasteiger partial charge in [-0.2, -0.15) is 0 Å². The van der Waals surface area contributed by atoms with Gasteiger partial charge in [-0.25, -0.2) is 12.8 Å². The Hall–Kier alpha value is -0.620. The number of anilines is 1. The van der Waals surface area contributed by atoms with Gasteiger partial charge in [0, 0.05) is 16.2 Å². The van der Waals surface area contributed by atoms with Gasteiger partial charge in [-0.05, 0) is 47.0 Å². The predicted octanol–water partition coefficient (Wildman–Crippen LogP) is 2.58. The van der Waals surface area contributed by atoms with Crippen molar-refractivity contribution in [3.8, 4) is 0 Å². The van der Waals surface area contributed by atoms with Gasteiger partial charge >= 0.3 is 0 Å². The summed E-state index contributed by atoms with van der Waals surface area (Å²) in [6, 6.07) is 4.24. The first-order valence-electron chi connectivity index (χ1n) is 5.38. The van der Waals surface area contributed by atoms with E-state index >= 15 is 0 Å². The van der Waals surface area contributed by atoms with Crippen LogP contribution in [-0.4, -0.2) is 26.0 Å². The summed E-state index contributed by atoms with van der Waals surface area (Å²) in [5.74, 6) is 0.103. The van der Waals surface area contributed by atoms with Crippen LogP contribution in [0.3, 0.4) is 0 Å². The first kappa shape index (κ1) is 12.8. The third-order valence-corrected chi connectivity index (χ3v) is 5.23. The molecule has 1 aromatic rings. The molecule has 0 bridgehead atoms. The van der Waals surface area contributed by atoms with E-state index in [1.807, 2.05) is 0 Å². The van der Waals surface area contributed by atoms with Crippen LogP contribution < -0.4 is 5.32 Å². The number of rotatable bonds is 2. The third-order valence-electron chi connectivity index (χ3n) is 2.75. The van der Waals surface area contributed by atoms with Crippen LogP contribution >= 0.6 is 15.9 Å². The molecule has 17 heavy (non-hydrogen) atoms. The van der Waals surface area contributed by atoms with Gasteiger partial charge in [0.2, 0.25) is 0 Å². The summed E-state index contributed by atoms with van der Waals surface area (Å²) < 4.78 is 36.5. The first-order valence-corrected chi connectivity index (χ1v) is 8.00. The fourth-order valence-corrected chi connectivity index (χ4v) is 4.06. The number of benzene rings is 1. The van der Waals surface area contributed by atoms with Crippen LogP contribution in [-0.2, 0) is 9.84 Å². The number of hydrogen-bond acceptors (Lipinski definition) is 3. The third kappa shape index (κ3) is 3.42. The van der Waals surface area contributed by atoms with Crippen LogP contribution in [0.5, 0.6) is 0 Å². The van der Waals surface area contributed by atoms with Crippen molar-refractivity contribution in [1.29, 1.82) is 0 Å². The Morgan fingerprint density at radius 1 is 1.41 bits per heavy atom. The Morgan fingerprint density at radius 2 is 2.18 bits per heavy atom. The maximum Gasteiger partial charge on any atom is 0.152 e. The second kappa shape index (κ2) is 4.94. The Labute approximate surface area is 108 Å². The van der Waals surface area contributed by atoms with Crippen LogP contribution in [0.4, 0.5) is 10.1 Å². The summed E-state index contributed by atoms with van der Waals surface area (Å²) in [7, 11) is -2.92. The maximum atomic E-state index is 12.9. The summed E-state index contributed by atoms with van der Waals surface area (Å²) in [5.41, 5.74) is 0.730. The van der Waals surface area contributed by atoms with E-state index in [-0.39, 0.29) is 23.4 Å². The van der Waals surface area contributed by atoms with E-state index in [9.17, 15) is 12.8 Å². The maximum absolute atomic E-state index is 12.9. The molecule has 1 atom stereocenters. The molecule has 1 aliphatic heterocycles. The lowest BCUT2D eigenvalue weighted by Crippen LogP contribution is -2.34. The summed E-state index contributed by atoms with van der Waals surface area (Å²) in [4.78, 5) is 0. The second-order valence-electron chi connectivity index (χ2n) is 4.22. The van der Waals surface area contributed by atoms with Crippen molar-refractivity contribution in [2.24, 2.45) is 0 Å². The lowest BCUT2D eigenvalue weighted by molar-refractivity contribution is 0.562. The van der Waals surface area contributed by atoms with E-state index in [1.165, 1.54) is 12.1 Å². The van der Waals surface area contributed by atoms with Crippen molar-refractivity contribution in [3.05, 3.63) is 28.5 Å². The smallest absolute Gasteiger partial charge is 0.152 e. The molecule has 6 heteroatoms. The fourth-order valence-electron chi connectivity index (χ4n) is 1.96. The Morgan fingerprint density at radius 3 is 2.82 bits per heavy atom. The van der Waals surface area contributed by atoms with Gasteiger partial charge in [0.1, 0.15) is 5.82 Å². The van der Waals surface area contributed by atoms with E-state index in [4.69, 9.17) is 0 Å². The van der Waals surface area contributed by atoms with Gasteiger partial charge in [-0.15, -0.1) is 0 Å². The Bertz CT molecular complexity index is 518. The van der Waals surface area contributed by atoms with Crippen molar-refractivity contribution in [2.75, 3.05) is 16.8 Å². The molecule has 1 heterocycles. The molecule has 0 aromatic heterocycles. The number of sulfone groups is 1. The predicted molar refractivity (Wildman–Crippen MR) is 69.4 cm³/mol. The lowest BCUT2D eigenvalue weighted by atomic mass is 10.1. The van der Waals surface area contributed by atoms with Crippen molar-refractivity contribution in [2.45, 2.75) is 18.9 Å². The highest BCUT2D eigenvalue weighted by atomic mass is 79.9. The molecule has 94 valence electrons. The SMILES string of the molecule is O=S1(=O)CCCC(Nc2ccc(F)cc2Br)C1. The molecule has 0 amide bonds. The van der Waals surface area contributed by atoms with E-state index < -0.39 is 9.84 Å². The number of nitrogens with one attached hydrogen (secondary N) is 1. The van der Waals surface area contributed by atoms with Crippen molar-refractivity contribution in [1.82, 2.24) is 0 Å². The lowest BCUT2D eigenvalue weighted by Gasteiger charge is -2.24. The monoisotopic (exact) mass is 321 g/mol. The molecule has 1 saturated heterocycles. The minimum atomic E-state index is -2.92. The summed E-state index contributed by atoms with van der Waals surface area (Å²) in [6.45, 7) is 0. The highest BCUT2D eigenvalue weighted by molar-refractivity contribution is 9.10. The molecule has 1 fully saturated rings. The molecule has 0 radical (unpaired) electrons. The summed E-state index contributed by atoms with van der Waals surface area (Å²) in [6.07, 6.45) is 1.50. The van der Waals surface area contributed by atoms with Crippen molar-refractivity contribution >= 4 is 31.5 Å². The molecule has 2 rings (SSSR count). The molecule has 0 spiro atoms. The Kier molecular flexibility index (Phi) is 3.73. The van der Waals surface area contributed by atoms with Gasteiger partial charge in [0.25, 0.3) is 0 Å². The van der Waals surface area contributed by atoms with E-state index in [1.54, 1.807) is 6.07 Å². The van der Waals surface area contributed by atoms with Crippen molar-refractivity contribution < 1.29 is 12.8 Å². The zero-order chi connectivity index (χ0) is 12.5. The fraction of sp³-hybridized carbons (Fsp3) is 0.455. The molecule has 0 saturated carbocycles. The molecular weight excluding hydrogens is 309 g/mol. The molecule has 0 aliphatic carbocycles. The highest BCUT2D eigenvalue weighted by Crippen LogP contribution is 2.25. The minimum Gasteiger partial charge on any atom is -0.380 e. The van der Waals surface area contributed by atoms with Gasteiger partial charge < -0.3 is 5.32 Å². The second-order valence-corrected chi connectivity index (χ2v) is 7.31. The normalized spacial score (nSPS) is 23.3. The minimum absolute atomic E-state index is 0.0875. The van der Waals surface area contributed by atoms with Gasteiger partial charge in [0.05, 0.1) is 11.5 Å². The molecule has 1 aromatic carbocycles. The van der Waals surface area contributed by atoms with E-state index in [2.05, 4.69) is 21.2 Å². The van der Waals surface area contributed by atoms with Crippen LogP contribution in [0.1, 0.15) is 12.8 Å². The van der Waals surface area contributed by atoms with E-state index in [0.29, 0.717) is 10.9 Å². The Balaban J connectivity index is 2.10. The van der Waals surface area contributed by atoms with Gasteiger partial charge in [-0.3, -0.25) is 0 Å². The van der Waals surface area contributed by atoms with Gasteiger partial charge in [0.15, 0.2) is 9.84 Å². The molecule has 1 N–H and O–H groups in total. The molecule has 3 nitrogen and oxygen atoms in total. The standard InChI is InChI=1S/C11H13BrFNO2S/c12-10-6-8(13)3-4-11(10)14-9-2-1-5-17(15,16)7-9/h3-4,6,9,14H,1-2,5,7H2. The van der Waals surface area contributed by atoms with Crippen LogP contribution in [0.15, 0.2) is 22.7 Å². The molecular formula is C11H13BrFNO2S. The zero-order valence-electron chi connectivity index (χ0n) is 9.12. The van der Waals surface area contributed by atoms with Crippen LogP contribution in [0.25, 0.3) is 0 Å². The largest absolute Gasteiger partial charge is 0.380 e. The zero-order valence-corrected chi connectivity index (χ0v) is 11.5. The summed E-state index contributed by atoms with van der Waals surface area (Å²) in [5, 5.41) is 3.14. The van der Waals surface area contributed by atoms with E-state index in [0.717, 1.165) is 12.1 Å².